The molecule has 0 radical (unpaired) electrons. The van der Waals surface area contributed by atoms with Crippen LogP contribution in [0, 0.1) is 17.6 Å². The van der Waals surface area contributed by atoms with Crippen LogP contribution in [0.1, 0.15) is 24.2 Å². The van der Waals surface area contributed by atoms with Gasteiger partial charge in [-0.3, -0.25) is 0 Å². The number of ether oxygens (including phenoxy) is 2. The molecule has 1 aromatic carbocycles. The average molecular weight is 273 g/mol. The highest BCUT2D eigenvalue weighted by Gasteiger charge is 2.15. The third-order valence-electron chi connectivity index (χ3n) is 2.22. The van der Waals surface area contributed by atoms with Gasteiger partial charge in [0.25, 0.3) is 0 Å². The SMILES string of the molecule is CC(C)COCCOC(=O)c1cc(F)c(F)cc1N. The molecule has 1 rings (SSSR count). The maximum absolute atomic E-state index is 13.0. The Morgan fingerprint density at radius 3 is 2.53 bits per heavy atom. The highest BCUT2D eigenvalue weighted by atomic mass is 19.2. The van der Waals surface area contributed by atoms with Crippen LogP contribution in [0.5, 0.6) is 0 Å². The number of nitrogens with two attached hydrogens (primary N) is 1. The van der Waals surface area contributed by atoms with E-state index in [0.717, 1.165) is 12.1 Å². The molecule has 0 aliphatic carbocycles. The summed E-state index contributed by atoms with van der Waals surface area (Å²) in [5.41, 5.74) is 5.07. The summed E-state index contributed by atoms with van der Waals surface area (Å²) >= 11 is 0. The van der Waals surface area contributed by atoms with Crippen molar-refractivity contribution in [2.24, 2.45) is 5.92 Å². The summed E-state index contributed by atoms with van der Waals surface area (Å²) in [6.45, 7) is 4.82. The predicted molar refractivity (Wildman–Crippen MR) is 66.7 cm³/mol. The molecular formula is C13H17F2NO3. The van der Waals surface area contributed by atoms with Gasteiger partial charge in [0.1, 0.15) is 6.61 Å². The van der Waals surface area contributed by atoms with Crippen molar-refractivity contribution in [3.8, 4) is 0 Å². The van der Waals surface area contributed by atoms with Crippen molar-refractivity contribution in [2.75, 3.05) is 25.6 Å². The molecule has 0 aromatic heterocycles. The molecule has 0 atom stereocenters. The van der Waals surface area contributed by atoms with Crippen molar-refractivity contribution in [2.45, 2.75) is 13.8 Å². The Balaban J connectivity index is 2.48. The van der Waals surface area contributed by atoms with Crippen molar-refractivity contribution in [1.29, 1.82) is 0 Å². The van der Waals surface area contributed by atoms with Crippen molar-refractivity contribution in [3.63, 3.8) is 0 Å². The fourth-order valence-electron chi connectivity index (χ4n) is 1.33. The Kier molecular flexibility index (Phi) is 5.69. The molecule has 0 spiro atoms. The Labute approximate surface area is 110 Å². The van der Waals surface area contributed by atoms with Gasteiger partial charge in [0.05, 0.1) is 12.2 Å². The van der Waals surface area contributed by atoms with Crippen molar-refractivity contribution in [1.82, 2.24) is 0 Å². The summed E-state index contributed by atoms with van der Waals surface area (Å²) in [5, 5.41) is 0. The zero-order chi connectivity index (χ0) is 14.4. The molecule has 0 amide bonds. The van der Waals surface area contributed by atoms with Gasteiger partial charge in [-0.15, -0.1) is 0 Å². The largest absolute Gasteiger partial charge is 0.460 e. The monoisotopic (exact) mass is 273 g/mol. The van der Waals surface area contributed by atoms with Gasteiger partial charge >= 0.3 is 5.97 Å². The van der Waals surface area contributed by atoms with E-state index in [1.165, 1.54) is 0 Å². The minimum atomic E-state index is -1.14. The summed E-state index contributed by atoms with van der Waals surface area (Å²) in [5.74, 6) is -2.66. The molecule has 0 saturated carbocycles. The molecule has 0 unspecified atom stereocenters. The number of rotatable bonds is 6. The van der Waals surface area contributed by atoms with Crippen LogP contribution in [-0.4, -0.2) is 25.8 Å². The summed E-state index contributed by atoms with van der Waals surface area (Å²) in [6.07, 6.45) is 0. The molecule has 2 N–H and O–H groups in total. The van der Waals surface area contributed by atoms with E-state index in [1.54, 1.807) is 0 Å². The van der Waals surface area contributed by atoms with Gasteiger partial charge in [0.15, 0.2) is 11.6 Å². The number of halogens is 2. The maximum atomic E-state index is 13.0. The number of carbonyl (C=O) groups excluding carboxylic acids is 1. The molecule has 0 fully saturated rings. The van der Waals surface area contributed by atoms with Crippen LogP contribution in [0.2, 0.25) is 0 Å². The van der Waals surface area contributed by atoms with Gasteiger partial charge in [0, 0.05) is 18.4 Å². The standard InChI is InChI=1S/C13H17F2NO3/c1-8(2)7-18-3-4-19-13(17)9-5-10(14)11(15)6-12(9)16/h5-6,8H,3-4,7,16H2,1-2H3. The van der Waals surface area contributed by atoms with Crippen LogP contribution < -0.4 is 5.73 Å². The van der Waals surface area contributed by atoms with Crippen LogP contribution in [0.3, 0.4) is 0 Å². The number of anilines is 1. The minimum absolute atomic E-state index is 0.0317. The van der Waals surface area contributed by atoms with Crippen LogP contribution in [0.25, 0.3) is 0 Å². The smallest absolute Gasteiger partial charge is 0.340 e. The number of benzene rings is 1. The molecule has 1 aromatic rings. The highest BCUT2D eigenvalue weighted by molar-refractivity contribution is 5.95. The predicted octanol–water partition coefficient (Wildman–Crippen LogP) is 2.38. The second-order valence-corrected chi connectivity index (χ2v) is 4.46. The van der Waals surface area contributed by atoms with E-state index in [-0.39, 0.29) is 24.5 Å². The first kappa shape index (κ1) is 15.4. The van der Waals surface area contributed by atoms with Crippen LogP contribution in [-0.2, 0) is 9.47 Å². The molecule has 0 saturated heterocycles. The third kappa shape index (κ3) is 4.82. The maximum Gasteiger partial charge on any atom is 0.340 e. The topological polar surface area (TPSA) is 61.5 Å². The summed E-state index contributed by atoms with van der Waals surface area (Å²) in [4.78, 5) is 11.6. The number of esters is 1. The van der Waals surface area contributed by atoms with Crippen LogP contribution in [0.15, 0.2) is 12.1 Å². The molecule has 106 valence electrons. The molecule has 4 nitrogen and oxygen atoms in total. The van der Waals surface area contributed by atoms with Gasteiger partial charge in [0.2, 0.25) is 0 Å². The lowest BCUT2D eigenvalue weighted by Gasteiger charge is -2.09. The number of carbonyl (C=O) groups is 1. The van der Waals surface area contributed by atoms with Crippen molar-refractivity contribution >= 4 is 11.7 Å². The Bertz CT molecular complexity index is 450. The van der Waals surface area contributed by atoms with Crippen molar-refractivity contribution in [3.05, 3.63) is 29.3 Å². The second kappa shape index (κ2) is 7.04. The first-order valence-electron chi connectivity index (χ1n) is 5.91. The van der Waals surface area contributed by atoms with Crippen LogP contribution in [0.4, 0.5) is 14.5 Å². The third-order valence-corrected chi connectivity index (χ3v) is 2.22. The lowest BCUT2D eigenvalue weighted by atomic mass is 10.1. The average Bonchev–Trinajstić information content (AvgIpc) is 2.32. The zero-order valence-electron chi connectivity index (χ0n) is 10.9. The quantitative estimate of drug-likeness (QED) is 0.491. The minimum Gasteiger partial charge on any atom is -0.460 e. The fraction of sp³-hybridized carbons (Fsp3) is 0.462. The van der Waals surface area contributed by atoms with E-state index in [9.17, 15) is 13.6 Å². The van der Waals surface area contributed by atoms with E-state index in [2.05, 4.69) is 0 Å². The van der Waals surface area contributed by atoms with E-state index >= 15 is 0 Å². The Morgan fingerprint density at radius 2 is 1.89 bits per heavy atom. The lowest BCUT2D eigenvalue weighted by molar-refractivity contribution is 0.0278. The first-order valence-corrected chi connectivity index (χ1v) is 5.91. The second-order valence-electron chi connectivity index (χ2n) is 4.46. The van der Waals surface area contributed by atoms with Gasteiger partial charge < -0.3 is 15.2 Å². The molecule has 19 heavy (non-hydrogen) atoms. The zero-order valence-corrected chi connectivity index (χ0v) is 10.9. The Hall–Kier alpha value is -1.69. The lowest BCUT2D eigenvalue weighted by Crippen LogP contribution is -2.14. The molecule has 0 aliphatic rings. The summed E-state index contributed by atoms with van der Waals surface area (Å²) in [6, 6.07) is 1.48. The van der Waals surface area contributed by atoms with E-state index < -0.39 is 17.6 Å². The van der Waals surface area contributed by atoms with Gasteiger partial charge in [-0.2, -0.15) is 0 Å². The van der Waals surface area contributed by atoms with Gasteiger partial charge in [-0.05, 0) is 12.0 Å². The molecule has 6 heteroatoms. The first-order chi connectivity index (χ1) is 8.91. The van der Waals surface area contributed by atoms with E-state index in [4.69, 9.17) is 15.2 Å². The van der Waals surface area contributed by atoms with E-state index in [0.29, 0.717) is 12.5 Å². The number of hydrogen-bond acceptors (Lipinski definition) is 4. The summed E-state index contributed by atoms with van der Waals surface area (Å²) in [7, 11) is 0. The molecule has 0 bridgehead atoms. The molecule has 0 aliphatic heterocycles. The van der Waals surface area contributed by atoms with Crippen molar-refractivity contribution < 1.29 is 23.0 Å². The van der Waals surface area contributed by atoms with Gasteiger partial charge in [-0.25, -0.2) is 13.6 Å². The summed E-state index contributed by atoms with van der Waals surface area (Å²) < 4.78 is 35.9. The molecular weight excluding hydrogens is 256 g/mol. The highest BCUT2D eigenvalue weighted by Crippen LogP contribution is 2.17. The number of hydrogen-bond donors (Lipinski definition) is 1. The normalized spacial score (nSPS) is 10.8. The molecule has 0 heterocycles. The Morgan fingerprint density at radius 1 is 1.26 bits per heavy atom. The fourth-order valence-corrected chi connectivity index (χ4v) is 1.33. The van der Waals surface area contributed by atoms with Crippen LogP contribution >= 0.6 is 0 Å². The van der Waals surface area contributed by atoms with E-state index in [1.807, 2.05) is 13.8 Å². The number of nitrogen functional groups attached to an aromatic ring is 1. The van der Waals surface area contributed by atoms with Gasteiger partial charge in [-0.1, -0.05) is 13.8 Å².